The van der Waals surface area contributed by atoms with Gasteiger partial charge in [0.25, 0.3) is 5.91 Å². The third-order valence-electron chi connectivity index (χ3n) is 3.68. The summed E-state index contributed by atoms with van der Waals surface area (Å²) < 4.78 is 19.1. The summed E-state index contributed by atoms with van der Waals surface area (Å²) in [5.41, 5.74) is 2.31. The maximum atomic E-state index is 13.8. The van der Waals surface area contributed by atoms with Crippen molar-refractivity contribution in [3.8, 4) is 17.0 Å². The van der Waals surface area contributed by atoms with Crippen molar-refractivity contribution in [3.05, 3.63) is 60.5 Å². The lowest BCUT2D eigenvalue weighted by Crippen LogP contribution is -2.25. The van der Waals surface area contributed by atoms with Crippen LogP contribution >= 0.6 is 0 Å². The number of nitrogens with one attached hydrogen (secondary N) is 2. The molecule has 2 N–H and O–H groups in total. The highest BCUT2D eigenvalue weighted by molar-refractivity contribution is 5.96. The van der Waals surface area contributed by atoms with Gasteiger partial charge >= 0.3 is 0 Å². The second-order valence-electron chi connectivity index (χ2n) is 5.42. The number of hydrogen-bond donors (Lipinski definition) is 2. The number of amides is 1. The van der Waals surface area contributed by atoms with E-state index in [0.717, 1.165) is 5.56 Å². The van der Waals surface area contributed by atoms with Gasteiger partial charge in [-0.2, -0.15) is 0 Å². The molecule has 0 atom stereocenters. The molecule has 2 aromatic carbocycles. The van der Waals surface area contributed by atoms with Gasteiger partial charge in [-0.1, -0.05) is 12.1 Å². The van der Waals surface area contributed by atoms with E-state index >= 15 is 0 Å². The molecule has 0 aliphatic carbocycles. The zero-order valence-corrected chi connectivity index (χ0v) is 13.0. The van der Waals surface area contributed by atoms with E-state index in [1.165, 1.54) is 6.07 Å². The highest BCUT2D eigenvalue weighted by atomic mass is 19.1. The van der Waals surface area contributed by atoms with E-state index in [2.05, 4.69) is 20.6 Å². The molecular formula is C18H13FN4O2. The van der Waals surface area contributed by atoms with E-state index < -0.39 is 0 Å². The molecule has 1 aromatic heterocycles. The molecular weight excluding hydrogens is 323 g/mol. The number of anilines is 3. The minimum Gasteiger partial charge on any atom is -0.482 e. The summed E-state index contributed by atoms with van der Waals surface area (Å²) in [5.74, 6) is 0.308. The molecule has 0 bridgehead atoms. The van der Waals surface area contributed by atoms with Crippen LogP contribution in [0.2, 0.25) is 0 Å². The maximum absolute atomic E-state index is 13.8. The van der Waals surface area contributed by atoms with Crippen molar-refractivity contribution in [3.63, 3.8) is 0 Å². The first kappa shape index (κ1) is 15.1. The Balaban J connectivity index is 1.65. The average molecular weight is 336 g/mol. The molecule has 4 rings (SSSR count). The van der Waals surface area contributed by atoms with Gasteiger partial charge in [0.1, 0.15) is 11.6 Å². The van der Waals surface area contributed by atoms with Crippen LogP contribution in [-0.4, -0.2) is 22.5 Å². The minimum atomic E-state index is -0.384. The first-order valence-electron chi connectivity index (χ1n) is 7.61. The number of hydrogen-bond acceptors (Lipinski definition) is 5. The van der Waals surface area contributed by atoms with Gasteiger partial charge in [0.2, 0.25) is 5.95 Å². The van der Waals surface area contributed by atoms with E-state index in [0.29, 0.717) is 22.8 Å². The molecule has 25 heavy (non-hydrogen) atoms. The van der Waals surface area contributed by atoms with Gasteiger partial charge in [-0.25, -0.2) is 14.4 Å². The van der Waals surface area contributed by atoms with Gasteiger partial charge in [-0.15, -0.1) is 0 Å². The summed E-state index contributed by atoms with van der Waals surface area (Å²) in [7, 11) is 0. The van der Waals surface area contributed by atoms with Crippen molar-refractivity contribution in [2.45, 2.75) is 0 Å². The summed E-state index contributed by atoms with van der Waals surface area (Å²) in [6.07, 6.45) is 1.58. The lowest BCUT2D eigenvalue weighted by atomic mass is 10.1. The summed E-state index contributed by atoms with van der Waals surface area (Å²) >= 11 is 0. The normalized spacial score (nSPS) is 12.8. The van der Waals surface area contributed by atoms with Gasteiger partial charge in [-0.05, 0) is 36.4 Å². The maximum Gasteiger partial charge on any atom is 0.262 e. The predicted molar refractivity (Wildman–Crippen MR) is 91.3 cm³/mol. The quantitative estimate of drug-likeness (QED) is 0.767. The second kappa shape index (κ2) is 6.20. The number of halogens is 1. The molecule has 0 radical (unpaired) electrons. The molecule has 0 saturated carbocycles. The molecule has 1 aliphatic heterocycles. The minimum absolute atomic E-state index is 0.0105. The molecule has 2 heterocycles. The van der Waals surface area contributed by atoms with Crippen molar-refractivity contribution in [2.75, 3.05) is 17.2 Å². The first-order valence-corrected chi connectivity index (χ1v) is 7.61. The molecule has 0 fully saturated rings. The van der Waals surface area contributed by atoms with E-state index in [4.69, 9.17) is 4.74 Å². The topological polar surface area (TPSA) is 76.1 Å². The van der Waals surface area contributed by atoms with Crippen molar-refractivity contribution >= 4 is 23.2 Å². The van der Waals surface area contributed by atoms with Crippen LogP contribution in [0.15, 0.2) is 54.7 Å². The first-order chi connectivity index (χ1) is 12.2. The van der Waals surface area contributed by atoms with Crippen LogP contribution in [0.1, 0.15) is 0 Å². The molecule has 1 aliphatic rings. The zero-order valence-electron chi connectivity index (χ0n) is 13.0. The monoisotopic (exact) mass is 336 g/mol. The number of nitrogens with zero attached hydrogens (tertiary/aromatic N) is 2. The van der Waals surface area contributed by atoms with Crippen LogP contribution in [0.25, 0.3) is 11.3 Å². The Morgan fingerprint density at radius 2 is 2.04 bits per heavy atom. The van der Waals surface area contributed by atoms with Gasteiger partial charge in [0, 0.05) is 11.8 Å². The van der Waals surface area contributed by atoms with Gasteiger partial charge < -0.3 is 15.4 Å². The van der Waals surface area contributed by atoms with Crippen molar-refractivity contribution in [1.29, 1.82) is 0 Å². The fraction of sp³-hybridized carbons (Fsp3) is 0.0556. The summed E-state index contributed by atoms with van der Waals surface area (Å²) in [6, 6.07) is 13.4. The number of benzene rings is 2. The smallest absolute Gasteiger partial charge is 0.262 e. The van der Waals surface area contributed by atoms with E-state index in [1.54, 1.807) is 42.6 Å². The van der Waals surface area contributed by atoms with Crippen LogP contribution in [-0.2, 0) is 4.79 Å². The summed E-state index contributed by atoms with van der Waals surface area (Å²) in [4.78, 5) is 20.0. The Kier molecular flexibility index (Phi) is 3.74. The SMILES string of the molecule is O=C1COc2ccc(-c3ccnc(Nc4ccccc4F)n3)cc2N1. The molecule has 0 spiro atoms. The van der Waals surface area contributed by atoms with Gasteiger partial charge in [-0.3, -0.25) is 4.79 Å². The third kappa shape index (κ3) is 3.12. The van der Waals surface area contributed by atoms with Crippen molar-refractivity contribution in [2.24, 2.45) is 0 Å². The Bertz CT molecular complexity index is 961. The van der Waals surface area contributed by atoms with Gasteiger partial charge in [0.15, 0.2) is 6.61 Å². The number of fused-ring (bicyclic) bond motifs is 1. The lowest BCUT2D eigenvalue weighted by molar-refractivity contribution is -0.118. The fourth-order valence-electron chi connectivity index (χ4n) is 2.51. The third-order valence-corrected chi connectivity index (χ3v) is 3.68. The molecule has 7 heteroatoms. The van der Waals surface area contributed by atoms with Crippen LogP contribution < -0.4 is 15.4 Å². The molecule has 124 valence electrons. The van der Waals surface area contributed by atoms with Crippen molar-refractivity contribution < 1.29 is 13.9 Å². The number of rotatable bonds is 3. The highest BCUT2D eigenvalue weighted by Gasteiger charge is 2.16. The van der Waals surface area contributed by atoms with Crippen molar-refractivity contribution in [1.82, 2.24) is 9.97 Å². The van der Waals surface area contributed by atoms with Crippen LogP contribution in [0.3, 0.4) is 0 Å². The Labute approximate surface area is 142 Å². The van der Waals surface area contributed by atoms with E-state index in [9.17, 15) is 9.18 Å². The number of carbonyl (C=O) groups is 1. The molecule has 6 nitrogen and oxygen atoms in total. The molecule has 1 amide bonds. The zero-order chi connectivity index (χ0) is 17.2. The molecule has 0 unspecified atom stereocenters. The molecule has 0 saturated heterocycles. The molecule has 3 aromatic rings. The highest BCUT2D eigenvalue weighted by Crippen LogP contribution is 2.32. The number of aromatic nitrogens is 2. The summed E-state index contributed by atoms with van der Waals surface area (Å²) in [6.45, 7) is 0.0105. The largest absolute Gasteiger partial charge is 0.482 e. The predicted octanol–water partition coefficient (Wildman–Crippen LogP) is 3.36. The number of para-hydroxylation sites is 1. The lowest BCUT2D eigenvalue weighted by Gasteiger charge is -2.18. The average Bonchev–Trinajstić information content (AvgIpc) is 2.63. The van der Waals surface area contributed by atoms with Crippen LogP contribution in [0.4, 0.5) is 21.7 Å². The number of ether oxygens (including phenoxy) is 1. The fourth-order valence-corrected chi connectivity index (χ4v) is 2.51. The Morgan fingerprint density at radius 1 is 1.16 bits per heavy atom. The number of carbonyl (C=O) groups excluding carboxylic acids is 1. The Morgan fingerprint density at radius 3 is 2.92 bits per heavy atom. The summed E-state index contributed by atoms with van der Waals surface area (Å²) in [5, 5.41) is 5.62. The van der Waals surface area contributed by atoms with Gasteiger partial charge in [0.05, 0.1) is 17.1 Å². The van der Waals surface area contributed by atoms with Crippen LogP contribution in [0, 0.1) is 5.82 Å². The van der Waals surface area contributed by atoms with E-state index in [-0.39, 0.29) is 24.3 Å². The van der Waals surface area contributed by atoms with Crippen LogP contribution in [0.5, 0.6) is 5.75 Å². The van der Waals surface area contributed by atoms with E-state index in [1.807, 2.05) is 6.07 Å². The second-order valence-corrected chi connectivity index (χ2v) is 5.42. The standard InChI is InChI=1S/C18H13FN4O2/c19-12-3-1-2-4-14(12)23-18-20-8-7-13(22-18)11-5-6-16-15(9-11)21-17(24)10-25-16/h1-9H,10H2,(H,21,24)(H,20,22,23). The Hall–Kier alpha value is -3.48.